The van der Waals surface area contributed by atoms with Gasteiger partial charge in [0.2, 0.25) is 0 Å². The molecule has 3 aromatic rings. The molecule has 1 amide bonds. The highest BCUT2D eigenvalue weighted by Crippen LogP contribution is 2.37. The number of rotatable bonds is 4. The van der Waals surface area contributed by atoms with Gasteiger partial charge in [-0.25, -0.2) is 0 Å². The van der Waals surface area contributed by atoms with E-state index in [1.54, 1.807) is 12.0 Å². The summed E-state index contributed by atoms with van der Waals surface area (Å²) in [5.74, 6) is 0.485. The molecule has 1 fully saturated rings. The Morgan fingerprint density at radius 3 is 2.66 bits per heavy atom. The Kier molecular flexibility index (Phi) is 5.11. The number of methoxy groups -OCH3 is 1. The molecule has 4 rings (SSSR count). The van der Waals surface area contributed by atoms with Crippen LogP contribution in [-0.2, 0) is 5.60 Å². The second-order valence-electron chi connectivity index (χ2n) is 7.50. The molecule has 29 heavy (non-hydrogen) atoms. The number of H-pyrrole nitrogens is 1. The second kappa shape index (κ2) is 7.72. The van der Waals surface area contributed by atoms with Crippen LogP contribution >= 0.6 is 0 Å². The van der Waals surface area contributed by atoms with Crippen molar-refractivity contribution in [1.82, 2.24) is 15.1 Å². The van der Waals surface area contributed by atoms with Crippen LogP contribution in [0.4, 0.5) is 0 Å². The van der Waals surface area contributed by atoms with E-state index in [9.17, 15) is 9.90 Å². The smallest absolute Gasteiger partial charge is 0.272 e. The number of aliphatic hydroxyl groups is 1. The average molecular weight is 391 g/mol. The van der Waals surface area contributed by atoms with Crippen molar-refractivity contribution < 1.29 is 14.6 Å². The number of nitrogens with zero attached hydrogens (tertiary/aromatic N) is 2. The highest BCUT2D eigenvalue weighted by Gasteiger charge is 2.39. The Balaban J connectivity index is 1.61. The zero-order valence-electron chi connectivity index (χ0n) is 16.7. The summed E-state index contributed by atoms with van der Waals surface area (Å²) < 4.78 is 5.44. The maximum atomic E-state index is 13.3. The van der Waals surface area contributed by atoms with Gasteiger partial charge in [0.1, 0.15) is 17.0 Å². The van der Waals surface area contributed by atoms with Crippen LogP contribution in [0.1, 0.15) is 34.5 Å². The first-order valence-corrected chi connectivity index (χ1v) is 9.79. The third kappa shape index (κ3) is 3.51. The molecule has 2 N–H and O–H groups in total. The predicted octanol–water partition coefficient (Wildman–Crippen LogP) is 3.52. The zero-order chi connectivity index (χ0) is 20.4. The van der Waals surface area contributed by atoms with Crippen molar-refractivity contribution in [2.75, 3.05) is 20.2 Å². The fourth-order valence-corrected chi connectivity index (χ4v) is 4.10. The van der Waals surface area contributed by atoms with E-state index >= 15 is 0 Å². The molecular formula is C23H25N3O3. The number of amides is 1. The molecule has 6 nitrogen and oxygen atoms in total. The third-order valence-electron chi connectivity index (χ3n) is 5.64. The minimum atomic E-state index is -1.14. The van der Waals surface area contributed by atoms with Crippen LogP contribution < -0.4 is 4.74 Å². The second-order valence-corrected chi connectivity index (χ2v) is 7.50. The Morgan fingerprint density at radius 2 is 1.90 bits per heavy atom. The number of ether oxygens (including phenoxy) is 1. The number of hydrogen-bond acceptors (Lipinski definition) is 4. The monoisotopic (exact) mass is 391 g/mol. The number of benzene rings is 2. The maximum absolute atomic E-state index is 13.3. The number of aromatic nitrogens is 2. The summed E-state index contributed by atoms with van der Waals surface area (Å²) in [5, 5.41) is 18.7. The van der Waals surface area contributed by atoms with Gasteiger partial charge in [-0.15, -0.1) is 0 Å². The number of piperidine rings is 1. The quantitative estimate of drug-likeness (QED) is 0.713. The first-order valence-electron chi connectivity index (χ1n) is 9.79. The van der Waals surface area contributed by atoms with E-state index in [-0.39, 0.29) is 12.5 Å². The molecule has 0 spiro atoms. The first-order chi connectivity index (χ1) is 14.0. The van der Waals surface area contributed by atoms with E-state index in [1.807, 2.05) is 61.5 Å². The van der Waals surface area contributed by atoms with E-state index in [1.165, 1.54) is 0 Å². The van der Waals surface area contributed by atoms with E-state index in [0.29, 0.717) is 36.4 Å². The fraction of sp³-hybridized carbons (Fsp3) is 0.304. The molecular weight excluding hydrogens is 366 g/mol. The Bertz CT molecular complexity index is 1020. The van der Waals surface area contributed by atoms with Crippen molar-refractivity contribution in [3.05, 3.63) is 71.4 Å². The number of para-hydroxylation sites is 1. The summed E-state index contributed by atoms with van der Waals surface area (Å²) in [7, 11) is 1.59. The lowest BCUT2D eigenvalue weighted by Gasteiger charge is -2.40. The van der Waals surface area contributed by atoms with Crippen molar-refractivity contribution in [3.63, 3.8) is 0 Å². The summed E-state index contributed by atoms with van der Waals surface area (Å²) in [6, 6.07) is 17.2. The van der Waals surface area contributed by atoms with Crippen molar-refractivity contribution in [3.8, 4) is 17.0 Å². The molecule has 0 aliphatic carbocycles. The van der Waals surface area contributed by atoms with Crippen LogP contribution in [0.15, 0.2) is 54.6 Å². The van der Waals surface area contributed by atoms with Crippen molar-refractivity contribution in [2.24, 2.45) is 0 Å². The molecule has 150 valence electrons. The molecule has 2 aromatic carbocycles. The molecule has 1 aliphatic rings. The van der Waals surface area contributed by atoms with Gasteiger partial charge in [0, 0.05) is 23.2 Å². The Labute approximate surface area is 170 Å². The number of carbonyl (C=O) groups is 1. The topological polar surface area (TPSA) is 78.5 Å². The first kappa shape index (κ1) is 19.2. The molecule has 0 bridgehead atoms. The number of nitrogens with one attached hydrogen (secondary N) is 1. The number of carbonyl (C=O) groups excluding carboxylic acids is 1. The minimum Gasteiger partial charge on any atom is -0.496 e. The average Bonchev–Trinajstić information content (AvgIpc) is 3.15. The summed E-state index contributed by atoms with van der Waals surface area (Å²) in [6.45, 7) is 2.70. The maximum Gasteiger partial charge on any atom is 0.272 e. The zero-order valence-corrected chi connectivity index (χ0v) is 16.7. The molecule has 1 atom stereocenters. The predicted molar refractivity (Wildman–Crippen MR) is 111 cm³/mol. The molecule has 0 unspecified atom stereocenters. The fourth-order valence-electron chi connectivity index (χ4n) is 4.10. The minimum absolute atomic E-state index is 0.148. The number of hydrogen-bond donors (Lipinski definition) is 2. The van der Waals surface area contributed by atoms with Gasteiger partial charge in [0.15, 0.2) is 0 Å². The van der Waals surface area contributed by atoms with Crippen molar-refractivity contribution in [1.29, 1.82) is 0 Å². The standard InChI is InChI=1S/C23H25N3O3/c1-16-20(17-9-4-3-5-10-17)24-25-21(16)22(27)26-14-8-13-23(28,15-26)18-11-6-7-12-19(18)29-2/h3-7,9-12,28H,8,13-15H2,1-2H3,(H,24,25)/t23-/m0/s1. The summed E-state index contributed by atoms with van der Waals surface area (Å²) in [6.07, 6.45) is 1.29. The van der Waals surface area contributed by atoms with Gasteiger partial charge in [-0.2, -0.15) is 5.10 Å². The van der Waals surface area contributed by atoms with Crippen LogP contribution in [0.25, 0.3) is 11.3 Å². The molecule has 1 saturated heterocycles. The van der Waals surface area contributed by atoms with Crippen LogP contribution in [0.5, 0.6) is 5.75 Å². The summed E-state index contributed by atoms with van der Waals surface area (Å²) in [5.41, 5.74) is 2.58. The van der Waals surface area contributed by atoms with Gasteiger partial charge in [-0.05, 0) is 25.8 Å². The molecule has 2 heterocycles. The summed E-state index contributed by atoms with van der Waals surface area (Å²) in [4.78, 5) is 15.0. The van der Waals surface area contributed by atoms with E-state index < -0.39 is 5.60 Å². The van der Waals surface area contributed by atoms with Crippen LogP contribution in [0.2, 0.25) is 0 Å². The molecule has 1 aliphatic heterocycles. The van der Waals surface area contributed by atoms with Gasteiger partial charge in [0.25, 0.3) is 5.91 Å². The Hall–Kier alpha value is -3.12. The highest BCUT2D eigenvalue weighted by molar-refractivity contribution is 5.95. The van der Waals surface area contributed by atoms with E-state index in [2.05, 4.69) is 10.2 Å². The van der Waals surface area contributed by atoms with Crippen molar-refractivity contribution in [2.45, 2.75) is 25.4 Å². The molecule has 0 radical (unpaired) electrons. The van der Waals surface area contributed by atoms with Gasteiger partial charge in [-0.1, -0.05) is 48.5 Å². The van der Waals surface area contributed by atoms with Gasteiger partial charge < -0.3 is 14.7 Å². The van der Waals surface area contributed by atoms with E-state index in [0.717, 1.165) is 16.8 Å². The lowest BCUT2D eigenvalue weighted by molar-refractivity contribution is -0.0304. The number of β-amino-alcohol motifs (C(OH)–C–C–N with tert-alkyl or cyclic N) is 1. The van der Waals surface area contributed by atoms with Gasteiger partial charge >= 0.3 is 0 Å². The van der Waals surface area contributed by atoms with Gasteiger partial charge in [-0.3, -0.25) is 9.89 Å². The largest absolute Gasteiger partial charge is 0.496 e. The molecule has 1 aromatic heterocycles. The highest BCUT2D eigenvalue weighted by atomic mass is 16.5. The number of likely N-dealkylation sites (tertiary alicyclic amines) is 1. The normalized spacial score (nSPS) is 19.2. The Morgan fingerprint density at radius 1 is 1.17 bits per heavy atom. The van der Waals surface area contributed by atoms with Crippen LogP contribution in [0, 0.1) is 6.92 Å². The molecule has 6 heteroatoms. The summed E-state index contributed by atoms with van der Waals surface area (Å²) >= 11 is 0. The van der Waals surface area contributed by atoms with Crippen LogP contribution in [-0.4, -0.2) is 46.3 Å². The lowest BCUT2D eigenvalue weighted by Crippen LogP contribution is -2.48. The lowest BCUT2D eigenvalue weighted by atomic mass is 9.85. The van der Waals surface area contributed by atoms with E-state index in [4.69, 9.17) is 4.74 Å². The molecule has 0 saturated carbocycles. The third-order valence-corrected chi connectivity index (χ3v) is 5.64. The van der Waals surface area contributed by atoms with Crippen LogP contribution in [0.3, 0.4) is 0 Å². The van der Waals surface area contributed by atoms with Crippen molar-refractivity contribution >= 4 is 5.91 Å². The SMILES string of the molecule is COc1ccccc1[C@]1(O)CCCN(C(=O)c2[nH]nc(-c3ccccc3)c2C)C1. The van der Waals surface area contributed by atoms with Gasteiger partial charge in [0.05, 0.1) is 19.3 Å². The number of aromatic amines is 1.